The molecule has 2 heterocycles. The summed E-state index contributed by atoms with van der Waals surface area (Å²) in [7, 11) is 2.10. The normalized spacial score (nSPS) is 19.8. The number of nitrogens with one attached hydrogen (secondary N) is 2. The standard InChI is InChI=1S/C12H19N5O/c1-17-5-3-9(8-17)6-15-12(18)10-7-14-4-2-11(10)16-13/h2,4,7,9H,3,5-6,8,13H2,1H3,(H,14,16)(H,15,18). The average molecular weight is 249 g/mol. The van der Waals surface area contributed by atoms with Crippen molar-refractivity contribution < 1.29 is 4.79 Å². The highest BCUT2D eigenvalue weighted by molar-refractivity contribution is 5.99. The van der Waals surface area contributed by atoms with Crippen LogP contribution in [0.1, 0.15) is 16.8 Å². The molecule has 0 aromatic carbocycles. The number of carbonyl (C=O) groups excluding carboxylic acids is 1. The molecule has 1 unspecified atom stereocenters. The first-order valence-electron chi connectivity index (χ1n) is 6.08. The molecule has 18 heavy (non-hydrogen) atoms. The summed E-state index contributed by atoms with van der Waals surface area (Å²) in [5, 5.41) is 2.94. The first kappa shape index (κ1) is 12.8. The van der Waals surface area contributed by atoms with Gasteiger partial charge in [-0.25, -0.2) is 0 Å². The number of carbonyl (C=O) groups is 1. The van der Waals surface area contributed by atoms with E-state index in [4.69, 9.17) is 5.84 Å². The topological polar surface area (TPSA) is 83.3 Å². The Hall–Kier alpha value is -1.66. The van der Waals surface area contributed by atoms with Crippen molar-refractivity contribution in [3.63, 3.8) is 0 Å². The third-order valence-corrected chi connectivity index (χ3v) is 3.26. The van der Waals surface area contributed by atoms with Crippen molar-refractivity contribution in [1.82, 2.24) is 15.2 Å². The number of pyridine rings is 1. The van der Waals surface area contributed by atoms with Crippen LogP contribution in [0.25, 0.3) is 0 Å². The van der Waals surface area contributed by atoms with E-state index in [1.54, 1.807) is 12.3 Å². The van der Waals surface area contributed by atoms with E-state index in [2.05, 4.69) is 27.7 Å². The van der Waals surface area contributed by atoms with Crippen molar-refractivity contribution in [1.29, 1.82) is 0 Å². The van der Waals surface area contributed by atoms with Crippen molar-refractivity contribution in [3.8, 4) is 0 Å². The smallest absolute Gasteiger partial charge is 0.255 e. The summed E-state index contributed by atoms with van der Waals surface area (Å²) in [6.07, 6.45) is 4.25. The molecule has 0 saturated carbocycles. The maximum Gasteiger partial charge on any atom is 0.255 e. The molecule has 6 heteroatoms. The zero-order valence-electron chi connectivity index (χ0n) is 10.5. The van der Waals surface area contributed by atoms with Crippen molar-refractivity contribution in [2.45, 2.75) is 6.42 Å². The molecule has 0 radical (unpaired) electrons. The summed E-state index contributed by atoms with van der Waals surface area (Å²) >= 11 is 0. The fraction of sp³-hybridized carbons (Fsp3) is 0.500. The van der Waals surface area contributed by atoms with Gasteiger partial charge in [0, 0.05) is 25.5 Å². The largest absolute Gasteiger partial charge is 0.352 e. The number of nitrogens with two attached hydrogens (primary N) is 1. The quantitative estimate of drug-likeness (QED) is 0.519. The monoisotopic (exact) mass is 249 g/mol. The van der Waals surface area contributed by atoms with Gasteiger partial charge in [-0.15, -0.1) is 0 Å². The molecule has 1 aliphatic heterocycles. The van der Waals surface area contributed by atoms with Crippen LogP contribution in [0, 0.1) is 5.92 Å². The summed E-state index contributed by atoms with van der Waals surface area (Å²) < 4.78 is 0. The lowest BCUT2D eigenvalue weighted by Gasteiger charge is -2.13. The molecule has 6 nitrogen and oxygen atoms in total. The summed E-state index contributed by atoms with van der Waals surface area (Å²) in [5.41, 5.74) is 3.57. The van der Waals surface area contributed by atoms with Crippen LogP contribution in [0.4, 0.5) is 5.69 Å². The molecule has 4 N–H and O–H groups in total. The van der Waals surface area contributed by atoms with Crippen molar-refractivity contribution in [3.05, 3.63) is 24.0 Å². The van der Waals surface area contributed by atoms with Gasteiger partial charge in [-0.2, -0.15) is 0 Å². The highest BCUT2D eigenvalue weighted by Gasteiger charge is 2.20. The lowest BCUT2D eigenvalue weighted by molar-refractivity contribution is 0.0948. The van der Waals surface area contributed by atoms with Gasteiger partial charge in [0.15, 0.2) is 0 Å². The van der Waals surface area contributed by atoms with Crippen molar-refractivity contribution in [2.24, 2.45) is 11.8 Å². The van der Waals surface area contributed by atoms with Crippen molar-refractivity contribution in [2.75, 3.05) is 32.1 Å². The fourth-order valence-corrected chi connectivity index (χ4v) is 2.23. The Labute approximate surface area is 107 Å². The SMILES string of the molecule is CN1CCC(CNC(=O)c2cnccc2NN)C1. The number of nitrogens with zero attached hydrogens (tertiary/aromatic N) is 2. The van der Waals surface area contributed by atoms with Crippen LogP contribution in [0.2, 0.25) is 0 Å². The lowest BCUT2D eigenvalue weighted by atomic mass is 10.1. The molecule has 0 bridgehead atoms. The average Bonchev–Trinajstić information content (AvgIpc) is 2.81. The third-order valence-electron chi connectivity index (χ3n) is 3.26. The Morgan fingerprint density at radius 2 is 2.50 bits per heavy atom. The van der Waals surface area contributed by atoms with Gasteiger partial charge in [0.1, 0.15) is 0 Å². The number of anilines is 1. The molecule has 1 atom stereocenters. The van der Waals surface area contributed by atoms with Gasteiger partial charge in [0.2, 0.25) is 0 Å². The van der Waals surface area contributed by atoms with Gasteiger partial charge in [-0.1, -0.05) is 0 Å². The second kappa shape index (κ2) is 5.79. The molecule has 1 saturated heterocycles. The molecule has 1 fully saturated rings. The predicted octanol–water partition coefficient (Wildman–Crippen LogP) is 0.0487. The minimum Gasteiger partial charge on any atom is -0.352 e. The van der Waals surface area contributed by atoms with Gasteiger partial charge < -0.3 is 15.6 Å². The highest BCUT2D eigenvalue weighted by atomic mass is 16.1. The molecular formula is C12H19N5O. The first-order chi connectivity index (χ1) is 8.70. The first-order valence-corrected chi connectivity index (χ1v) is 6.08. The molecular weight excluding hydrogens is 230 g/mol. The fourth-order valence-electron chi connectivity index (χ4n) is 2.23. The summed E-state index contributed by atoms with van der Waals surface area (Å²) in [5.74, 6) is 5.76. The molecule has 1 aliphatic rings. The predicted molar refractivity (Wildman–Crippen MR) is 70.0 cm³/mol. The van der Waals surface area contributed by atoms with Crippen LogP contribution in [0.3, 0.4) is 0 Å². The Balaban J connectivity index is 1.91. The van der Waals surface area contributed by atoms with E-state index in [1.807, 2.05) is 0 Å². The number of likely N-dealkylation sites (tertiary alicyclic amines) is 1. The number of amides is 1. The van der Waals surface area contributed by atoms with Gasteiger partial charge >= 0.3 is 0 Å². The Morgan fingerprint density at radius 1 is 1.67 bits per heavy atom. The Bertz CT molecular complexity index is 423. The van der Waals surface area contributed by atoms with Crippen LogP contribution in [-0.4, -0.2) is 42.5 Å². The number of nitrogen functional groups attached to an aromatic ring is 1. The zero-order valence-corrected chi connectivity index (χ0v) is 10.5. The number of hydrogen-bond donors (Lipinski definition) is 3. The molecule has 0 aliphatic carbocycles. The van der Waals surface area contributed by atoms with Gasteiger partial charge in [0.05, 0.1) is 11.3 Å². The molecule has 1 aromatic heterocycles. The van der Waals surface area contributed by atoms with E-state index in [9.17, 15) is 4.79 Å². The third kappa shape index (κ3) is 2.96. The Kier molecular flexibility index (Phi) is 4.11. The molecule has 98 valence electrons. The van der Waals surface area contributed by atoms with Gasteiger partial charge in [-0.3, -0.25) is 15.6 Å². The molecule has 0 spiro atoms. The number of rotatable bonds is 4. The second-order valence-corrected chi connectivity index (χ2v) is 4.69. The van der Waals surface area contributed by atoms with E-state index < -0.39 is 0 Å². The van der Waals surface area contributed by atoms with E-state index in [1.165, 1.54) is 6.20 Å². The van der Waals surface area contributed by atoms with E-state index in [0.717, 1.165) is 19.5 Å². The lowest BCUT2D eigenvalue weighted by Crippen LogP contribution is -2.31. The van der Waals surface area contributed by atoms with Crippen LogP contribution >= 0.6 is 0 Å². The highest BCUT2D eigenvalue weighted by Crippen LogP contribution is 2.14. The minimum atomic E-state index is -0.134. The summed E-state index contributed by atoms with van der Waals surface area (Å²) in [6.45, 7) is 2.83. The summed E-state index contributed by atoms with van der Waals surface area (Å²) in [4.78, 5) is 18.2. The number of hydrazine groups is 1. The maximum atomic E-state index is 12.0. The number of aromatic nitrogens is 1. The van der Waals surface area contributed by atoms with Crippen LogP contribution < -0.4 is 16.6 Å². The zero-order chi connectivity index (χ0) is 13.0. The number of hydrogen-bond acceptors (Lipinski definition) is 5. The second-order valence-electron chi connectivity index (χ2n) is 4.69. The Morgan fingerprint density at radius 3 is 3.17 bits per heavy atom. The molecule has 1 amide bonds. The van der Waals surface area contributed by atoms with Gasteiger partial charge in [0.25, 0.3) is 5.91 Å². The van der Waals surface area contributed by atoms with Gasteiger partial charge in [-0.05, 0) is 32.0 Å². The van der Waals surface area contributed by atoms with E-state index >= 15 is 0 Å². The van der Waals surface area contributed by atoms with E-state index in [0.29, 0.717) is 23.7 Å². The molecule has 2 rings (SSSR count). The minimum absolute atomic E-state index is 0.134. The van der Waals surface area contributed by atoms with Crippen LogP contribution in [0.5, 0.6) is 0 Å². The van der Waals surface area contributed by atoms with Crippen LogP contribution in [-0.2, 0) is 0 Å². The summed E-state index contributed by atoms with van der Waals surface area (Å²) in [6, 6.07) is 1.68. The van der Waals surface area contributed by atoms with Crippen LogP contribution in [0.15, 0.2) is 18.5 Å². The van der Waals surface area contributed by atoms with Crippen molar-refractivity contribution >= 4 is 11.6 Å². The maximum absolute atomic E-state index is 12.0. The molecule has 1 aromatic rings. The van der Waals surface area contributed by atoms with E-state index in [-0.39, 0.29) is 5.91 Å².